The molecular weight excluding hydrogens is 434 g/mol. The molecule has 2 aromatic carbocycles. The average molecular weight is 466 g/mol. The van der Waals surface area contributed by atoms with Gasteiger partial charge < -0.3 is 20.1 Å². The molecule has 2 N–H and O–H groups in total. The summed E-state index contributed by atoms with van der Waals surface area (Å²) < 4.78 is 10.8. The molecule has 0 aliphatic carbocycles. The molecule has 180 valence electrons. The summed E-state index contributed by atoms with van der Waals surface area (Å²) in [7, 11) is 0. The fourth-order valence-electron chi connectivity index (χ4n) is 2.91. The van der Waals surface area contributed by atoms with Crippen molar-refractivity contribution in [2.75, 3.05) is 18.5 Å². The molecule has 34 heavy (non-hydrogen) atoms. The molecule has 0 radical (unpaired) electrons. The fourth-order valence-corrected chi connectivity index (χ4v) is 2.91. The monoisotopic (exact) mass is 465 g/mol. The highest BCUT2D eigenvalue weighted by atomic mass is 16.6. The van der Waals surface area contributed by atoms with Gasteiger partial charge in [-0.2, -0.15) is 0 Å². The van der Waals surface area contributed by atoms with Crippen LogP contribution in [0.4, 0.5) is 15.3 Å². The van der Waals surface area contributed by atoms with Crippen LogP contribution >= 0.6 is 0 Å². The number of alkyl carbamates (subject to hydrolysis) is 1. The van der Waals surface area contributed by atoms with Gasteiger partial charge >= 0.3 is 12.1 Å². The van der Waals surface area contributed by atoms with Crippen molar-refractivity contribution in [2.45, 2.75) is 32.9 Å². The normalized spacial score (nSPS) is 10.6. The summed E-state index contributed by atoms with van der Waals surface area (Å²) >= 11 is 0. The molecule has 2 rings (SSSR count). The minimum absolute atomic E-state index is 0.0151. The van der Waals surface area contributed by atoms with Gasteiger partial charge in [0.1, 0.15) is 18.0 Å². The third-order valence-electron chi connectivity index (χ3n) is 4.36. The first-order chi connectivity index (χ1) is 16.2. The first kappa shape index (κ1) is 26.2. The van der Waals surface area contributed by atoms with Crippen LogP contribution in [0.5, 0.6) is 5.75 Å². The molecule has 0 bridgehead atoms. The number of urea groups is 1. The van der Waals surface area contributed by atoms with Crippen LogP contribution in [0.3, 0.4) is 0 Å². The van der Waals surface area contributed by atoms with Crippen molar-refractivity contribution < 1.29 is 23.9 Å². The molecule has 0 aliphatic heterocycles. The second-order valence-electron chi connectivity index (χ2n) is 8.24. The van der Waals surface area contributed by atoms with E-state index in [0.29, 0.717) is 17.0 Å². The number of ether oxygens (including phenoxy) is 2. The van der Waals surface area contributed by atoms with Crippen molar-refractivity contribution in [2.24, 2.45) is 0 Å². The number of imide groups is 1. The van der Waals surface area contributed by atoms with Crippen LogP contribution in [0, 0.1) is 0 Å². The number of nitrogens with zero attached hydrogens (tertiary/aromatic N) is 1. The summed E-state index contributed by atoms with van der Waals surface area (Å²) in [6.45, 7) is 12.9. The van der Waals surface area contributed by atoms with E-state index in [1.165, 1.54) is 6.08 Å². The number of carbonyl (C=O) groups excluding carboxylic acids is 3. The smallest absolute Gasteiger partial charge is 0.407 e. The molecule has 0 heterocycles. The van der Waals surface area contributed by atoms with Crippen molar-refractivity contribution in [3.63, 3.8) is 0 Å². The largest absolute Gasteiger partial charge is 0.489 e. The molecule has 0 aromatic heterocycles. The number of benzene rings is 2. The third-order valence-corrected chi connectivity index (χ3v) is 4.36. The average Bonchev–Trinajstić information content (AvgIpc) is 2.79. The number of para-hydroxylation sites is 2. The van der Waals surface area contributed by atoms with Crippen LogP contribution in [0.2, 0.25) is 0 Å². The Morgan fingerprint density at radius 3 is 2.35 bits per heavy atom. The summed E-state index contributed by atoms with van der Waals surface area (Å²) in [6.07, 6.45) is 2.45. The lowest BCUT2D eigenvalue weighted by Crippen LogP contribution is -2.40. The Labute approximate surface area is 200 Å². The lowest BCUT2D eigenvalue weighted by molar-refractivity contribution is 0.0523. The lowest BCUT2D eigenvalue weighted by atomic mass is 10.1. The van der Waals surface area contributed by atoms with Crippen LogP contribution in [-0.2, 0) is 11.3 Å². The van der Waals surface area contributed by atoms with E-state index in [1.54, 1.807) is 75.4 Å². The second-order valence-corrected chi connectivity index (χ2v) is 8.24. The second kappa shape index (κ2) is 12.2. The molecule has 0 atom stereocenters. The molecular formula is C26H31N3O5. The Balaban J connectivity index is 2.19. The number of amides is 4. The Morgan fingerprint density at radius 2 is 1.68 bits per heavy atom. The van der Waals surface area contributed by atoms with Gasteiger partial charge in [0.2, 0.25) is 0 Å². The van der Waals surface area contributed by atoms with Crippen molar-refractivity contribution >= 4 is 23.7 Å². The van der Waals surface area contributed by atoms with Crippen molar-refractivity contribution in [3.8, 4) is 5.75 Å². The SMILES string of the molecule is C=CCOc1ccccc1C(=O)N(CC=C)C(=O)Nc1ccccc1CNC(=O)OC(C)(C)C. The van der Waals surface area contributed by atoms with E-state index in [-0.39, 0.29) is 25.3 Å². The first-order valence-electron chi connectivity index (χ1n) is 10.8. The quantitative estimate of drug-likeness (QED) is 0.500. The van der Waals surface area contributed by atoms with Gasteiger partial charge in [0.15, 0.2) is 0 Å². The number of anilines is 1. The summed E-state index contributed by atoms with van der Waals surface area (Å²) in [6, 6.07) is 13.0. The third kappa shape index (κ3) is 7.81. The molecule has 0 saturated carbocycles. The standard InChI is InChI=1S/C26H31N3O5/c1-6-16-29(23(30)20-13-9-11-15-22(20)33-17-7-2)24(31)28-21-14-10-8-12-19(21)18-27-25(32)34-26(3,4)5/h6-15H,1-2,16-18H2,3-5H3,(H,27,32)(H,28,31). The molecule has 0 aliphatic rings. The molecule has 2 aromatic rings. The van der Waals surface area contributed by atoms with Crippen molar-refractivity contribution in [3.05, 3.63) is 85.0 Å². The minimum Gasteiger partial charge on any atom is -0.489 e. The maximum Gasteiger partial charge on any atom is 0.407 e. The van der Waals surface area contributed by atoms with Gasteiger partial charge in [-0.3, -0.25) is 9.69 Å². The Bertz CT molecular complexity index is 1040. The van der Waals surface area contributed by atoms with Crippen LogP contribution in [-0.4, -0.2) is 41.7 Å². The number of rotatable bonds is 9. The van der Waals surface area contributed by atoms with Gasteiger partial charge in [0, 0.05) is 18.8 Å². The molecule has 4 amide bonds. The van der Waals surface area contributed by atoms with E-state index in [9.17, 15) is 14.4 Å². The predicted molar refractivity (Wildman–Crippen MR) is 132 cm³/mol. The molecule has 0 fully saturated rings. The maximum atomic E-state index is 13.2. The Morgan fingerprint density at radius 1 is 1.00 bits per heavy atom. The van der Waals surface area contributed by atoms with Crippen LogP contribution in [0.15, 0.2) is 73.8 Å². The summed E-state index contributed by atoms with van der Waals surface area (Å²) in [5.74, 6) is -0.197. The van der Waals surface area contributed by atoms with E-state index in [0.717, 1.165) is 4.90 Å². The number of carbonyl (C=O) groups is 3. The zero-order valence-electron chi connectivity index (χ0n) is 19.8. The predicted octanol–water partition coefficient (Wildman–Crippen LogP) is 5.14. The highest BCUT2D eigenvalue weighted by Crippen LogP contribution is 2.22. The molecule has 8 nitrogen and oxygen atoms in total. The summed E-state index contributed by atoms with van der Waals surface area (Å²) in [5.41, 5.74) is 0.694. The molecule has 0 unspecified atom stereocenters. The highest BCUT2D eigenvalue weighted by molar-refractivity contribution is 6.09. The van der Waals surface area contributed by atoms with Crippen molar-refractivity contribution in [1.29, 1.82) is 0 Å². The Hall–Kier alpha value is -4.07. The number of hydrogen-bond donors (Lipinski definition) is 2. The Kier molecular flexibility index (Phi) is 9.43. The maximum absolute atomic E-state index is 13.2. The lowest BCUT2D eigenvalue weighted by Gasteiger charge is -2.22. The van der Waals surface area contributed by atoms with E-state index >= 15 is 0 Å². The first-order valence-corrected chi connectivity index (χ1v) is 10.8. The molecule has 0 spiro atoms. The van der Waals surface area contributed by atoms with Gasteiger partial charge in [0.05, 0.1) is 5.56 Å². The number of hydrogen-bond acceptors (Lipinski definition) is 5. The van der Waals surface area contributed by atoms with Crippen LogP contribution in [0.25, 0.3) is 0 Å². The highest BCUT2D eigenvalue weighted by Gasteiger charge is 2.25. The van der Waals surface area contributed by atoms with E-state index < -0.39 is 23.6 Å². The van der Waals surface area contributed by atoms with Gasteiger partial charge in [-0.25, -0.2) is 9.59 Å². The van der Waals surface area contributed by atoms with E-state index in [4.69, 9.17) is 9.47 Å². The zero-order chi connectivity index (χ0) is 25.1. The van der Waals surface area contributed by atoms with Crippen molar-refractivity contribution in [1.82, 2.24) is 10.2 Å². The summed E-state index contributed by atoms with van der Waals surface area (Å²) in [4.78, 5) is 39.4. The van der Waals surface area contributed by atoms with Crippen LogP contribution in [0.1, 0.15) is 36.7 Å². The van der Waals surface area contributed by atoms with Gasteiger partial charge in [-0.15, -0.1) is 6.58 Å². The van der Waals surface area contributed by atoms with E-state index in [2.05, 4.69) is 23.8 Å². The fraction of sp³-hybridized carbons (Fsp3) is 0.269. The number of nitrogens with one attached hydrogen (secondary N) is 2. The minimum atomic E-state index is -0.645. The topological polar surface area (TPSA) is 97.0 Å². The molecule has 0 saturated heterocycles. The van der Waals surface area contributed by atoms with Crippen LogP contribution < -0.4 is 15.4 Å². The van der Waals surface area contributed by atoms with E-state index in [1.807, 2.05) is 0 Å². The summed E-state index contributed by atoms with van der Waals surface area (Å²) in [5, 5.41) is 5.42. The zero-order valence-corrected chi connectivity index (χ0v) is 19.8. The molecule has 8 heteroatoms. The van der Waals surface area contributed by atoms with Gasteiger partial charge in [0.25, 0.3) is 5.91 Å². The van der Waals surface area contributed by atoms with Gasteiger partial charge in [-0.05, 0) is 44.5 Å². The van der Waals surface area contributed by atoms with Gasteiger partial charge in [-0.1, -0.05) is 49.1 Å².